The fourth-order valence-electron chi connectivity index (χ4n) is 0.260. The number of nitrogens with zero attached hydrogens (tertiary/aromatic N) is 1. The van der Waals surface area contributed by atoms with E-state index < -0.39 is 0 Å². The Balaban J connectivity index is 3.12. The standard InChI is InChI=1S/C6H9NO/c1-3-4-5-6-7-8-2/h6H,5H2,1-2H3/b7-6+. The van der Waals surface area contributed by atoms with Crippen LogP contribution in [0.1, 0.15) is 13.3 Å². The predicted molar refractivity (Wildman–Crippen MR) is 33.6 cm³/mol. The largest absolute Gasteiger partial charge is 0.399 e. The summed E-state index contributed by atoms with van der Waals surface area (Å²) in [6.07, 6.45) is 2.29. The molecule has 0 aliphatic carbocycles. The fourth-order valence-corrected chi connectivity index (χ4v) is 0.260. The smallest absolute Gasteiger partial charge is 0.106 e. The molecule has 8 heavy (non-hydrogen) atoms. The van der Waals surface area contributed by atoms with Gasteiger partial charge >= 0.3 is 0 Å². The van der Waals surface area contributed by atoms with Crippen molar-refractivity contribution in [1.29, 1.82) is 0 Å². The normalized spacial score (nSPS) is 8.25. The van der Waals surface area contributed by atoms with Crippen LogP contribution in [0.15, 0.2) is 5.16 Å². The van der Waals surface area contributed by atoms with Gasteiger partial charge in [-0.3, -0.25) is 0 Å². The van der Waals surface area contributed by atoms with Crippen LogP contribution < -0.4 is 0 Å². The van der Waals surface area contributed by atoms with E-state index in [-0.39, 0.29) is 0 Å². The highest BCUT2D eigenvalue weighted by molar-refractivity contribution is 5.59. The summed E-state index contributed by atoms with van der Waals surface area (Å²) in [4.78, 5) is 4.39. The molecule has 0 atom stereocenters. The van der Waals surface area contributed by atoms with Crippen molar-refractivity contribution in [3.05, 3.63) is 0 Å². The molecule has 0 aliphatic heterocycles. The third-order valence-electron chi connectivity index (χ3n) is 0.550. The summed E-state index contributed by atoms with van der Waals surface area (Å²) in [6.45, 7) is 1.79. The Bertz CT molecular complexity index is 118. The van der Waals surface area contributed by atoms with Crippen LogP contribution in [0.25, 0.3) is 0 Å². The van der Waals surface area contributed by atoms with Gasteiger partial charge in [0.05, 0.1) is 6.21 Å². The minimum Gasteiger partial charge on any atom is -0.399 e. The zero-order chi connectivity index (χ0) is 6.24. The van der Waals surface area contributed by atoms with Crippen LogP contribution in [0.3, 0.4) is 0 Å². The molecule has 0 aliphatic rings. The lowest BCUT2D eigenvalue weighted by molar-refractivity contribution is 0.215. The SMILES string of the molecule is CC#CC/C=N/OC. The summed E-state index contributed by atoms with van der Waals surface area (Å²) in [5, 5.41) is 3.48. The van der Waals surface area contributed by atoms with Gasteiger partial charge in [0.15, 0.2) is 0 Å². The summed E-state index contributed by atoms with van der Waals surface area (Å²) in [5.74, 6) is 5.53. The van der Waals surface area contributed by atoms with Crippen molar-refractivity contribution in [2.45, 2.75) is 13.3 Å². The summed E-state index contributed by atoms with van der Waals surface area (Å²) >= 11 is 0. The maximum Gasteiger partial charge on any atom is 0.106 e. The molecule has 0 saturated carbocycles. The molecule has 2 nitrogen and oxygen atoms in total. The molecular weight excluding hydrogens is 102 g/mol. The number of oxime groups is 1. The zero-order valence-corrected chi connectivity index (χ0v) is 5.14. The van der Waals surface area contributed by atoms with Crippen LogP contribution in [0.5, 0.6) is 0 Å². The first-order valence-electron chi connectivity index (χ1n) is 2.36. The summed E-state index contributed by atoms with van der Waals surface area (Å²) in [5.41, 5.74) is 0. The lowest BCUT2D eigenvalue weighted by Gasteiger charge is -1.79. The van der Waals surface area contributed by atoms with Crippen molar-refractivity contribution in [2.24, 2.45) is 5.16 Å². The first-order valence-corrected chi connectivity index (χ1v) is 2.36. The monoisotopic (exact) mass is 111 g/mol. The highest BCUT2D eigenvalue weighted by Crippen LogP contribution is 1.69. The van der Waals surface area contributed by atoms with E-state index >= 15 is 0 Å². The molecule has 0 aromatic rings. The van der Waals surface area contributed by atoms with E-state index in [0.29, 0.717) is 6.42 Å². The number of rotatable bonds is 2. The van der Waals surface area contributed by atoms with Gasteiger partial charge in [-0.05, 0) is 6.92 Å². The van der Waals surface area contributed by atoms with Crippen molar-refractivity contribution in [3.63, 3.8) is 0 Å². The number of hydrogen-bond donors (Lipinski definition) is 0. The molecule has 0 bridgehead atoms. The van der Waals surface area contributed by atoms with E-state index in [4.69, 9.17) is 0 Å². The van der Waals surface area contributed by atoms with Gasteiger partial charge in [0, 0.05) is 6.42 Å². The van der Waals surface area contributed by atoms with E-state index in [0.717, 1.165) is 0 Å². The third kappa shape index (κ3) is 5.03. The predicted octanol–water partition coefficient (Wildman–Crippen LogP) is 1.03. The summed E-state index contributed by atoms with van der Waals surface area (Å²) in [6, 6.07) is 0. The minimum absolute atomic E-state index is 0.671. The topological polar surface area (TPSA) is 21.6 Å². The second-order valence-electron chi connectivity index (χ2n) is 1.10. The average Bonchev–Trinajstić information content (AvgIpc) is 1.81. The van der Waals surface area contributed by atoms with Crippen LogP contribution in [0.2, 0.25) is 0 Å². The van der Waals surface area contributed by atoms with Gasteiger partial charge < -0.3 is 4.84 Å². The molecule has 0 fully saturated rings. The van der Waals surface area contributed by atoms with Gasteiger partial charge in [-0.25, -0.2) is 0 Å². The third-order valence-corrected chi connectivity index (χ3v) is 0.550. The second-order valence-corrected chi connectivity index (χ2v) is 1.10. The summed E-state index contributed by atoms with van der Waals surface area (Å²) < 4.78 is 0. The molecule has 0 spiro atoms. The molecule has 2 heteroatoms. The van der Waals surface area contributed by atoms with Gasteiger partial charge in [0.25, 0.3) is 0 Å². The Morgan fingerprint density at radius 3 is 3.00 bits per heavy atom. The molecule has 0 saturated heterocycles. The van der Waals surface area contributed by atoms with E-state index in [2.05, 4.69) is 21.8 Å². The molecule has 0 N–H and O–H groups in total. The van der Waals surface area contributed by atoms with Crippen LogP contribution in [-0.2, 0) is 4.84 Å². The lowest BCUT2D eigenvalue weighted by Crippen LogP contribution is -1.71. The van der Waals surface area contributed by atoms with Gasteiger partial charge in [0.2, 0.25) is 0 Å². The molecule has 0 radical (unpaired) electrons. The Morgan fingerprint density at radius 2 is 2.50 bits per heavy atom. The van der Waals surface area contributed by atoms with Gasteiger partial charge in [-0.1, -0.05) is 11.1 Å². The lowest BCUT2D eigenvalue weighted by atomic mass is 10.5. The maximum absolute atomic E-state index is 4.39. The molecule has 0 rings (SSSR count). The van der Waals surface area contributed by atoms with E-state index in [1.807, 2.05) is 0 Å². The Morgan fingerprint density at radius 1 is 1.75 bits per heavy atom. The fraction of sp³-hybridized carbons (Fsp3) is 0.500. The van der Waals surface area contributed by atoms with Gasteiger partial charge in [0.1, 0.15) is 7.11 Å². The maximum atomic E-state index is 4.39. The quantitative estimate of drug-likeness (QED) is 0.296. The summed E-state index contributed by atoms with van der Waals surface area (Å²) in [7, 11) is 1.51. The first-order chi connectivity index (χ1) is 3.91. The highest BCUT2D eigenvalue weighted by atomic mass is 16.6. The average molecular weight is 111 g/mol. The van der Waals surface area contributed by atoms with Crippen LogP contribution in [-0.4, -0.2) is 13.3 Å². The van der Waals surface area contributed by atoms with Crippen molar-refractivity contribution < 1.29 is 4.84 Å². The Kier molecular flexibility index (Phi) is 5.30. The van der Waals surface area contributed by atoms with Crippen molar-refractivity contribution in [2.75, 3.05) is 7.11 Å². The van der Waals surface area contributed by atoms with Crippen LogP contribution >= 0.6 is 0 Å². The second kappa shape index (κ2) is 6.03. The number of hydrogen-bond acceptors (Lipinski definition) is 2. The van der Waals surface area contributed by atoms with Crippen LogP contribution in [0, 0.1) is 11.8 Å². The molecule has 0 aromatic carbocycles. The van der Waals surface area contributed by atoms with Crippen LogP contribution in [0.4, 0.5) is 0 Å². The van der Waals surface area contributed by atoms with Crippen molar-refractivity contribution in [1.82, 2.24) is 0 Å². The molecule has 0 heterocycles. The van der Waals surface area contributed by atoms with E-state index in [1.54, 1.807) is 13.1 Å². The van der Waals surface area contributed by atoms with E-state index in [9.17, 15) is 0 Å². The highest BCUT2D eigenvalue weighted by Gasteiger charge is 1.65. The van der Waals surface area contributed by atoms with Crippen molar-refractivity contribution >= 4 is 6.21 Å². The zero-order valence-electron chi connectivity index (χ0n) is 5.14. The van der Waals surface area contributed by atoms with E-state index in [1.165, 1.54) is 7.11 Å². The molecule has 0 amide bonds. The minimum atomic E-state index is 0.671. The van der Waals surface area contributed by atoms with Gasteiger partial charge in [-0.15, -0.1) is 5.92 Å². The molecule has 0 unspecified atom stereocenters. The molecular formula is C6H9NO. The van der Waals surface area contributed by atoms with Gasteiger partial charge in [-0.2, -0.15) is 0 Å². The Labute approximate surface area is 49.5 Å². The van der Waals surface area contributed by atoms with Crippen molar-refractivity contribution in [3.8, 4) is 11.8 Å². The molecule has 44 valence electrons. The first kappa shape index (κ1) is 7.03. The Hall–Kier alpha value is -0.970. The molecule has 0 aromatic heterocycles.